The molecule has 27 heavy (non-hydrogen) atoms. The van der Waals surface area contributed by atoms with Crippen LogP contribution < -0.4 is 4.74 Å². The first-order valence-corrected chi connectivity index (χ1v) is 9.90. The summed E-state index contributed by atoms with van der Waals surface area (Å²) in [5.41, 5.74) is 0.856. The van der Waals surface area contributed by atoms with Gasteiger partial charge in [0.25, 0.3) is 0 Å². The Hall–Kier alpha value is -2.67. The number of amides is 1. The number of carbonyl (C=O) groups excluding carboxylic acids is 1. The minimum absolute atomic E-state index is 0.148. The summed E-state index contributed by atoms with van der Waals surface area (Å²) < 4.78 is 10.5. The van der Waals surface area contributed by atoms with Gasteiger partial charge in [0.2, 0.25) is 17.6 Å². The molecular weight excluding hydrogens is 362 g/mol. The molecule has 140 valence electrons. The van der Waals surface area contributed by atoms with Gasteiger partial charge in [-0.25, -0.2) is 0 Å². The molecule has 1 amide bonds. The van der Waals surface area contributed by atoms with Crippen LogP contribution >= 0.6 is 11.3 Å². The highest BCUT2D eigenvalue weighted by molar-refractivity contribution is 7.09. The van der Waals surface area contributed by atoms with Crippen LogP contribution in [-0.2, 0) is 17.8 Å². The summed E-state index contributed by atoms with van der Waals surface area (Å²) in [5, 5.41) is 6.07. The molecule has 0 radical (unpaired) electrons. The topological polar surface area (TPSA) is 68.5 Å². The van der Waals surface area contributed by atoms with Crippen LogP contribution in [0.5, 0.6) is 5.75 Å². The van der Waals surface area contributed by atoms with E-state index < -0.39 is 0 Å². The molecule has 1 aromatic carbocycles. The van der Waals surface area contributed by atoms with Gasteiger partial charge in [-0.2, -0.15) is 4.98 Å². The van der Waals surface area contributed by atoms with Gasteiger partial charge in [0.15, 0.2) is 0 Å². The quantitative estimate of drug-likeness (QED) is 0.589. The van der Waals surface area contributed by atoms with Crippen LogP contribution in [0.2, 0.25) is 0 Å². The molecule has 3 aromatic rings. The van der Waals surface area contributed by atoms with E-state index in [9.17, 15) is 4.79 Å². The second-order valence-corrected chi connectivity index (χ2v) is 7.60. The molecule has 0 unspecified atom stereocenters. The molecule has 2 aromatic heterocycles. The van der Waals surface area contributed by atoms with Crippen molar-refractivity contribution < 1.29 is 14.1 Å². The van der Waals surface area contributed by atoms with E-state index in [1.165, 1.54) is 4.88 Å². The second-order valence-electron chi connectivity index (χ2n) is 6.57. The van der Waals surface area contributed by atoms with Crippen molar-refractivity contribution in [2.45, 2.75) is 38.3 Å². The van der Waals surface area contributed by atoms with Gasteiger partial charge < -0.3 is 14.2 Å². The molecule has 1 saturated carbocycles. The Kier molecular flexibility index (Phi) is 5.20. The molecule has 4 rings (SSSR count). The van der Waals surface area contributed by atoms with Crippen LogP contribution in [0.1, 0.15) is 30.0 Å². The van der Waals surface area contributed by atoms with Gasteiger partial charge in [-0.3, -0.25) is 4.79 Å². The van der Waals surface area contributed by atoms with Crippen LogP contribution in [0, 0.1) is 0 Å². The lowest BCUT2D eigenvalue weighted by atomic mass is 10.2. The van der Waals surface area contributed by atoms with E-state index in [2.05, 4.69) is 16.2 Å². The van der Waals surface area contributed by atoms with Crippen LogP contribution in [0.3, 0.4) is 0 Å². The van der Waals surface area contributed by atoms with E-state index in [1.807, 2.05) is 40.6 Å². The first-order valence-electron chi connectivity index (χ1n) is 9.02. The van der Waals surface area contributed by atoms with Crippen molar-refractivity contribution >= 4 is 17.2 Å². The number of nitrogens with zero attached hydrogens (tertiary/aromatic N) is 3. The first-order chi connectivity index (χ1) is 13.2. The predicted octanol–water partition coefficient (Wildman–Crippen LogP) is 3.93. The zero-order valence-electron chi connectivity index (χ0n) is 15.1. The molecule has 0 N–H and O–H groups in total. The number of carbonyl (C=O) groups is 1. The molecule has 0 saturated heterocycles. The van der Waals surface area contributed by atoms with E-state index in [1.54, 1.807) is 18.4 Å². The highest BCUT2D eigenvalue weighted by Gasteiger charge is 2.32. The molecule has 0 bridgehead atoms. The average Bonchev–Trinajstić information content (AvgIpc) is 3.20. The van der Waals surface area contributed by atoms with E-state index in [-0.39, 0.29) is 5.91 Å². The number of aryl methyl sites for hydroxylation is 1. The van der Waals surface area contributed by atoms with Gasteiger partial charge in [-0.1, -0.05) is 11.2 Å². The van der Waals surface area contributed by atoms with Crippen molar-refractivity contribution in [1.82, 2.24) is 15.0 Å². The highest BCUT2D eigenvalue weighted by atomic mass is 32.1. The van der Waals surface area contributed by atoms with Gasteiger partial charge in [0.05, 0.1) is 13.7 Å². The maximum Gasteiger partial charge on any atom is 0.227 e. The fourth-order valence-corrected chi connectivity index (χ4v) is 3.65. The number of benzene rings is 1. The Labute approximate surface area is 161 Å². The number of thiophene rings is 1. The average molecular weight is 383 g/mol. The summed E-state index contributed by atoms with van der Waals surface area (Å²) >= 11 is 1.69. The standard InChI is InChI=1S/C20H21N3O3S/c1-25-16-8-4-14(5-9-16)20-21-18(26-22-20)10-11-19(24)23(15-6-7-15)13-17-3-2-12-27-17/h2-5,8-9,12,15H,6-7,10-11,13H2,1H3. The van der Waals surface area contributed by atoms with Crippen LogP contribution in [0.4, 0.5) is 0 Å². The van der Waals surface area contributed by atoms with Crippen LogP contribution in [0.25, 0.3) is 11.4 Å². The Bertz CT molecular complexity index is 886. The predicted molar refractivity (Wildman–Crippen MR) is 102 cm³/mol. The Morgan fingerprint density at radius 2 is 2.11 bits per heavy atom. The number of ether oxygens (including phenoxy) is 1. The Balaban J connectivity index is 1.36. The fraction of sp³-hybridized carbons (Fsp3) is 0.350. The third-order valence-corrected chi connectivity index (χ3v) is 5.44. The minimum Gasteiger partial charge on any atom is -0.497 e. The molecule has 1 fully saturated rings. The highest BCUT2D eigenvalue weighted by Crippen LogP contribution is 2.30. The maximum atomic E-state index is 12.7. The van der Waals surface area contributed by atoms with Crippen LogP contribution in [-0.4, -0.2) is 34.1 Å². The van der Waals surface area contributed by atoms with E-state index in [0.717, 1.165) is 24.2 Å². The van der Waals surface area contributed by atoms with Crippen molar-refractivity contribution in [3.63, 3.8) is 0 Å². The van der Waals surface area contributed by atoms with Crippen molar-refractivity contribution in [3.05, 3.63) is 52.5 Å². The molecule has 0 spiro atoms. The van der Waals surface area contributed by atoms with Crippen molar-refractivity contribution in [3.8, 4) is 17.1 Å². The summed E-state index contributed by atoms with van der Waals surface area (Å²) in [6.45, 7) is 0.697. The zero-order chi connectivity index (χ0) is 18.6. The number of methoxy groups -OCH3 is 1. The monoisotopic (exact) mass is 383 g/mol. The molecule has 0 atom stereocenters. The van der Waals surface area contributed by atoms with Crippen molar-refractivity contribution in [1.29, 1.82) is 0 Å². The van der Waals surface area contributed by atoms with E-state index in [4.69, 9.17) is 9.26 Å². The number of hydrogen-bond acceptors (Lipinski definition) is 6. The van der Waals surface area contributed by atoms with Crippen molar-refractivity contribution in [2.75, 3.05) is 7.11 Å². The second kappa shape index (κ2) is 7.92. The maximum absolute atomic E-state index is 12.7. The summed E-state index contributed by atoms with van der Waals surface area (Å²) in [4.78, 5) is 20.3. The van der Waals surface area contributed by atoms with Crippen LogP contribution in [0.15, 0.2) is 46.3 Å². The summed E-state index contributed by atoms with van der Waals surface area (Å²) in [7, 11) is 1.63. The molecule has 1 aliphatic rings. The van der Waals surface area contributed by atoms with E-state index >= 15 is 0 Å². The number of hydrogen-bond donors (Lipinski definition) is 0. The first kappa shape index (κ1) is 17.7. The zero-order valence-corrected chi connectivity index (χ0v) is 15.9. The lowest BCUT2D eigenvalue weighted by molar-refractivity contribution is -0.132. The molecular formula is C20H21N3O3S. The molecule has 6 nitrogen and oxygen atoms in total. The Morgan fingerprint density at radius 1 is 1.30 bits per heavy atom. The van der Waals surface area contributed by atoms with Gasteiger partial charge in [0, 0.05) is 29.3 Å². The minimum atomic E-state index is 0.148. The molecule has 0 aliphatic heterocycles. The molecule has 1 aliphatic carbocycles. The van der Waals surface area contributed by atoms with Gasteiger partial charge >= 0.3 is 0 Å². The van der Waals surface area contributed by atoms with Gasteiger partial charge in [0.1, 0.15) is 5.75 Å². The van der Waals surface area contributed by atoms with Gasteiger partial charge in [-0.15, -0.1) is 11.3 Å². The Morgan fingerprint density at radius 3 is 2.78 bits per heavy atom. The molecule has 2 heterocycles. The lowest BCUT2D eigenvalue weighted by Crippen LogP contribution is -2.32. The van der Waals surface area contributed by atoms with Crippen molar-refractivity contribution in [2.24, 2.45) is 0 Å². The normalized spacial score (nSPS) is 13.5. The summed E-state index contributed by atoms with van der Waals surface area (Å²) in [5.74, 6) is 1.94. The smallest absolute Gasteiger partial charge is 0.227 e. The molecule has 7 heteroatoms. The third-order valence-electron chi connectivity index (χ3n) is 4.58. The largest absolute Gasteiger partial charge is 0.497 e. The summed E-state index contributed by atoms with van der Waals surface area (Å²) in [6.07, 6.45) is 3.03. The summed E-state index contributed by atoms with van der Waals surface area (Å²) in [6, 6.07) is 12.0. The van der Waals surface area contributed by atoms with Gasteiger partial charge in [-0.05, 0) is 48.6 Å². The van der Waals surface area contributed by atoms with E-state index in [0.29, 0.717) is 37.1 Å². The fourth-order valence-electron chi connectivity index (χ4n) is 2.95. The third kappa shape index (κ3) is 4.36. The number of aromatic nitrogens is 2. The number of rotatable bonds is 8. The lowest BCUT2D eigenvalue weighted by Gasteiger charge is -2.21. The SMILES string of the molecule is COc1ccc(-c2noc(CCC(=O)N(Cc3cccs3)C3CC3)n2)cc1.